The van der Waals surface area contributed by atoms with Crippen molar-refractivity contribution in [2.45, 2.75) is 32.5 Å². The first kappa shape index (κ1) is 21.0. The number of piperazine rings is 1. The van der Waals surface area contributed by atoms with Crippen molar-refractivity contribution >= 4 is 39.5 Å². The molecule has 2 aromatic rings. The van der Waals surface area contributed by atoms with E-state index in [2.05, 4.69) is 34.7 Å². The zero-order chi connectivity index (χ0) is 20.3. The average Bonchev–Trinajstić information content (AvgIpc) is 2.67. The summed E-state index contributed by atoms with van der Waals surface area (Å²) in [7, 11) is 0. The molecule has 3 rings (SSSR count). The van der Waals surface area contributed by atoms with Crippen LogP contribution < -0.4 is 0 Å². The quantitative estimate of drug-likeness (QED) is 0.566. The highest BCUT2D eigenvalue weighted by Crippen LogP contribution is 2.24. The fourth-order valence-electron chi connectivity index (χ4n) is 3.43. The lowest BCUT2D eigenvalue weighted by atomic mass is 10.1. The van der Waals surface area contributed by atoms with Crippen molar-refractivity contribution in [2.75, 3.05) is 13.1 Å². The molecule has 1 amide bonds. The molecule has 1 heterocycles. The van der Waals surface area contributed by atoms with Crippen LogP contribution in [-0.2, 0) is 11.3 Å². The maximum atomic E-state index is 13.1. The third kappa shape index (κ3) is 5.22. The highest BCUT2D eigenvalue weighted by Gasteiger charge is 2.30. The van der Waals surface area contributed by atoms with Crippen molar-refractivity contribution in [2.24, 2.45) is 0 Å². The lowest BCUT2D eigenvalue weighted by Crippen LogP contribution is -2.57. The standard InChI is InChI=1S/C22H23BrClFN2O/c1-15-13-27(22(28)10-6-17-5-9-21(24)20(23)11-17)16(2)12-26(15)14-18-3-7-19(25)8-4-18/h3-11,15-16H,12-14H2,1-2H3/t15-,16+/m0/s1. The first-order chi connectivity index (χ1) is 13.3. The summed E-state index contributed by atoms with van der Waals surface area (Å²) in [5.74, 6) is -0.216. The molecule has 1 saturated heterocycles. The summed E-state index contributed by atoms with van der Waals surface area (Å²) in [6.07, 6.45) is 3.43. The van der Waals surface area contributed by atoms with Crippen LogP contribution in [0, 0.1) is 5.82 Å². The van der Waals surface area contributed by atoms with Gasteiger partial charge in [-0.25, -0.2) is 4.39 Å². The number of carbonyl (C=O) groups excluding carboxylic acids is 1. The Morgan fingerprint density at radius 3 is 2.57 bits per heavy atom. The van der Waals surface area contributed by atoms with Crippen LogP contribution in [0.1, 0.15) is 25.0 Å². The average molecular weight is 466 g/mol. The largest absolute Gasteiger partial charge is 0.334 e. The lowest BCUT2D eigenvalue weighted by molar-refractivity contribution is -0.131. The number of hydrogen-bond donors (Lipinski definition) is 0. The molecule has 0 bridgehead atoms. The normalized spacial score (nSPS) is 20.7. The molecule has 0 radical (unpaired) electrons. The van der Waals surface area contributed by atoms with E-state index >= 15 is 0 Å². The van der Waals surface area contributed by atoms with Gasteiger partial charge in [-0.3, -0.25) is 9.69 Å². The van der Waals surface area contributed by atoms with Crippen molar-refractivity contribution in [3.8, 4) is 0 Å². The summed E-state index contributed by atoms with van der Waals surface area (Å²) in [6, 6.07) is 12.5. The minimum atomic E-state index is -0.222. The molecule has 1 fully saturated rings. The van der Waals surface area contributed by atoms with E-state index < -0.39 is 0 Å². The molecule has 3 nitrogen and oxygen atoms in total. The van der Waals surface area contributed by atoms with Crippen molar-refractivity contribution in [3.05, 3.63) is 75.0 Å². The molecule has 0 unspecified atom stereocenters. The Hall–Kier alpha value is -1.69. The number of hydrogen-bond acceptors (Lipinski definition) is 2. The number of carbonyl (C=O) groups is 1. The van der Waals surface area contributed by atoms with Crippen molar-refractivity contribution in [1.82, 2.24) is 9.80 Å². The predicted octanol–water partition coefficient (Wildman–Crippen LogP) is 5.38. The summed E-state index contributed by atoms with van der Waals surface area (Å²) in [5, 5.41) is 0.642. The highest BCUT2D eigenvalue weighted by molar-refractivity contribution is 9.10. The molecular weight excluding hydrogens is 443 g/mol. The van der Waals surface area contributed by atoms with Gasteiger partial charge in [0.2, 0.25) is 5.91 Å². The molecular formula is C22H23BrClFN2O. The first-order valence-electron chi connectivity index (χ1n) is 9.25. The van der Waals surface area contributed by atoms with Gasteiger partial charge in [0.25, 0.3) is 0 Å². The van der Waals surface area contributed by atoms with E-state index in [1.807, 2.05) is 35.2 Å². The molecule has 2 atom stereocenters. The van der Waals surface area contributed by atoms with E-state index in [0.29, 0.717) is 11.6 Å². The van der Waals surface area contributed by atoms with Crippen LogP contribution >= 0.6 is 27.5 Å². The minimum Gasteiger partial charge on any atom is -0.334 e. The Bertz CT molecular complexity index is 871. The fourth-order valence-corrected chi connectivity index (χ4v) is 3.94. The number of halogens is 3. The molecule has 6 heteroatoms. The second-order valence-corrected chi connectivity index (χ2v) is 8.51. The summed E-state index contributed by atoms with van der Waals surface area (Å²) < 4.78 is 13.9. The van der Waals surface area contributed by atoms with Crippen LogP contribution in [0.3, 0.4) is 0 Å². The van der Waals surface area contributed by atoms with Gasteiger partial charge in [-0.15, -0.1) is 0 Å². The number of benzene rings is 2. The maximum Gasteiger partial charge on any atom is 0.246 e. The molecule has 1 aliphatic heterocycles. The van der Waals surface area contributed by atoms with Gasteiger partial charge >= 0.3 is 0 Å². The van der Waals surface area contributed by atoms with Crippen LogP contribution in [0.2, 0.25) is 5.02 Å². The van der Waals surface area contributed by atoms with E-state index in [9.17, 15) is 9.18 Å². The Balaban J connectivity index is 1.62. The fraction of sp³-hybridized carbons (Fsp3) is 0.318. The molecule has 1 aliphatic rings. The van der Waals surface area contributed by atoms with Crippen molar-refractivity contribution < 1.29 is 9.18 Å². The Morgan fingerprint density at radius 1 is 1.18 bits per heavy atom. The molecule has 0 spiro atoms. The summed E-state index contributed by atoms with van der Waals surface area (Å²) in [4.78, 5) is 17.0. The first-order valence-corrected chi connectivity index (χ1v) is 10.4. The van der Waals surface area contributed by atoms with Crippen LogP contribution in [0.5, 0.6) is 0 Å². The molecule has 0 N–H and O–H groups in total. The molecule has 148 valence electrons. The minimum absolute atomic E-state index is 0.00635. The van der Waals surface area contributed by atoms with Gasteiger partial charge in [0.1, 0.15) is 5.82 Å². The van der Waals surface area contributed by atoms with Crippen LogP contribution in [0.25, 0.3) is 6.08 Å². The van der Waals surface area contributed by atoms with E-state index in [1.165, 1.54) is 12.1 Å². The summed E-state index contributed by atoms with van der Waals surface area (Å²) in [5.41, 5.74) is 1.99. The van der Waals surface area contributed by atoms with Gasteiger partial charge in [-0.1, -0.05) is 29.8 Å². The second kappa shape index (κ2) is 9.21. The van der Waals surface area contributed by atoms with Crippen LogP contribution in [0.4, 0.5) is 4.39 Å². The smallest absolute Gasteiger partial charge is 0.246 e. The van der Waals surface area contributed by atoms with Gasteiger partial charge < -0.3 is 4.90 Å². The summed E-state index contributed by atoms with van der Waals surface area (Å²) in [6.45, 7) is 6.38. The van der Waals surface area contributed by atoms with Gasteiger partial charge in [0.15, 0.2) is 0 Å². The molecule has 0 aromatic heterocycles. The Kier molecular flexibility index (Phi) is 6.91. The maximum absolute atomic E-state index is 13.1. The van der Waals surface area contributed by atoms with Crippen molar-refractivity contribution in [3.63, 3.8) is 0 Å². The monoisotopic (exact) mass is 464 g/mol. The molecule has 28 heavy (non-hydrogen) atoms. The van der Waals surface area contributed by atoms with E-state index in [0.717, 1.165) is 28.7 Å². The van der Waals surface area contributed by atoms with Crippen LogP contribution in [-0.4, -0.2) is 40.9 Å². The predicted molar refractivity (Wildman–Crippen MR) is 116 cm³/mol. The van der Waals surface area contributed by atoms with Gasteiger partial charge in [-0.05, 0) is 71.2 Å². The van der Waals surface area contributed by atoms with Gasteiger partial charge in [0.05, 0.1) is 5.02 Å². The van der Waals surface area contributed by atoms with Gasteiger partial charge in [0, 0.05) is 42.3 Å². The Morgan fingerprint density at radius 2 is 1.89 bits per heavy atom. The Labute approximate surface area is 178 Å². The molecule has 2 aromatic carbocycles. The lowest BCUT2D eigenvalue weighted by Gasteiger charge is -2.44. The molecule has 0 saturated carbocycles. The van der Waals surface area contributed by atoms with E-state index in [4.69, 9.17) is 11.6 Å². The van der Waals surface area contributed by atoms with Crippen molar-refractivity contribution in [1.29, 1.82) is 0 Å². The topological polar surface area (TPSA) is 23.6 Å². The van der Waals surface area contributed by atoms with E-state index in [-0.39, 0.29) is 23.8 Å². The number of nitrogens with zero attached hydrogens (tertiary/aromatic N) is 2. The zero-order valence-corrected chi connectivity index (χ0v) is 18.3. The number of amides is 1. The number of rotatable bonds is 4. The van der Waals surface area contributed by atoms with E-state index in [1.54, 1.807) is 12.1 Å². The SMILES string of the molecule is C[C@@H]1CN(Cc2ccc(F)cc2)[C@@H](C)CN1C(=O)C=Cc1ccc(Cl)c(Br)c1. The summed E-state index contributed by atoms with van der Waals surface area (Å²) >= 11 is 9.41. The van der Waals surface area contributed by atoms with Gasteiger partial charge in [-0.2, -0.15) is 0 Å². The zero-order valence-electron chi connectivity index (χ0n) is 15.9. The highest BCUT2D eigenvalue weighted by atomic mass is 79.9. The third-order valence-corrected chi connectivity index (χ3v) is 6.27. The van der Waals surface area contributed by atoms with Crippen LogP contribution in [0.15, 0.2) is 53.0 Å². The third-order valence-electron chi connectivity index (χ3n) is 5.06. The second-order valence-electron chi connectivity index (χ2n) is 7.25. The molecule has 0 aliphatic carbocycles.